The zero-order valence-corrected chi connectivity index (χ0v) is 16.2. The van der Waals surface area contributed by atoms with Crippen molar-refractivity contribution in [3.8, 4) is 22.6 Å². The fraction of sp³-hybridized carbons (Fsp3) is 0.238. The van der Waals surface area contributed by atoms with Crippen LogP contribution in [0.1, 0.15) is 11.3 Å². The normalized spacial score (nSPS) is 10.9. The average molecular weight is 399 g/mol. The number of carbonyl (C=O) groups is 1. The van der Waals surface area contributed by atoms with Crippen LogP contribution in [0.25, 0.3) is 11.1 Å². The fourth-order valence-electron chi connectivity index (χ4n) is 3.01. The summed E-state index contributed by atoms with van der Waals surface area (Å²) in [4.78, 5) is 13.1. The molecule has 0 saturated carbocycles. The summed E-state index contributed by atoms with van der Waals surface area (Å²) < 4.78 is 29.6. The van der Waals surface area contributed by atoms with Crippen molar-refractivity contribution in [1.29, 1.82) is 0 Å². The maximum absolute atomic E-state index is 13.8. The number of benzene rings is 2. The van der Waals surface area contributed by atoms with E-state index in [0.29, 0.717) is 30.2 Å². The summed E-state index contributed by atoms with van der Waals surface area (Å²) in [5.74, 6) is 0.149. The quantitative estimate of drug-likeness (QED) is 0.595. The fourth-order valence-corrected chi connectivity index (χ4v) is 3.01. The molecule has 3 aromatic rings. The number of aromatic nitrogens is 1. The van der Waals surface area contributed by atoms with E-state index in [2.05, 4.69) is 5.16 Å². The molecule has 0 aliphatic heterocycles. The zero-order chi connectivity index (χ0) is 20.8. The van der Waals surface area contributed by atoms with Crippen molar-refractivity contribution < 1.29 is 23.2 Å². The number of rotatable bonds is 9. The molecule has 0 bridgehead atoms. The predicted molar refractivity (Wildman–Crippen MR) is 105 cm³/mol. The average Bonchev–Trinajstić information content (AvgIpc) is 3.19. The summed E-state index contributed by atoms with van der Waals surface area (Å²) in [6.07, 6.45) is 1.52. The Kier molecular flexibility index (Phi) is 6.46. The summed E-state index contributed by atoms with van der Waals surface area (Å²) in [6.45, 7) is 0.814. The number of amides is 1. The second-order valence-electron chi connectivity index (χ2n) is 6.59. The minimum atomic E-state index is -0.567. The number of methoxy groups -OCH3 is 1. The van der Waals surface area contributed by atoms with Gasteiger partial charge < -0.3 is 19.7 Å². The van der Waals surface area contributed by atoms with E-state index in [9.17, 15) is 9.18 Å². The maximum Gasteiger partial charge on any atom is 0.255 e. The van der Waals surface area contributed by atoms with E-state index in [1.165, 1.54) is 25.5 Å². The van der Waals surface area contributed by atoms with Gasteiger partial charge in [-0.05, 0) is 42.9 Å². The van der Waals surface area contributed by atoms with Gasteiger partial charge in [-0.15, -0.1) is 0 Å². The molecular weight excluding hydrogens is 377 g/mol. The Morgan fingerprint density at radius 2 is 1.97 bits per heavy atom. The first-order valence-electron chi connectivity index (χ1n) is 8.92. The molecule has 1 heterocycles. The van der Waals surface area contributed by atoms with Crippen LogP contribution in [-0.4, -0.2) is 36.7 Å². The molecule has 1 aromatic heterocycles. The highest BCUT2D eigenvalue weighted by Crippen LogP contribution is 2.34. The first kappa shape index (κ1) is 20.3. The van der Waals surface area contributed by atoms with Crippen molar-refractivity contribution in [3.63, 3.8) is 0 Å². The smallest absolute Gasteiger partial charge is 0.255 e. The molecule has 29 heavy (non-hydrogen) atoms. The molecule has 0 saturated heterocycles. The molecule has 2 N–H and O–H groups in total. The highest BCUT2D eigenvalue weighted by atomic mass is 19.1. The van der Waals surface area contributed by atoms with Crippen LogP contribution in [0.3, 0.4) is 0 Å². The summed E-state index contributed by atoms with van der Waals surface area (Å²) in [6, 6.07) is 11.5. The lowest BCUT2D eigenvalue weighted by atomic mass is 10.0. The molecule has 0 radical (unpaired) electrons. The Hall–Kier alpha value is -3.39. The van der Waals surface area contributed by atoms with Gasteiger partial charge in [0.25, 0.3) is 5.91 Å². The second-order valence-corrected chi connectivity index (χ2v) is 6.59. The standard InChI is InChI=1S/C21H22FN3O4/c1-25(12-17-7-8-29-24-17)11-15-9-14(3-5-19(15)28-13-21(23)26)18-10-16(22)4-6-20(18)27-2/h3-10H,11-13H2,1-2H3,(H2,23,26). The van der Waals surface area contributed by atoms with Gasteiger partial charge in [0, 0.05) is 30.3 Å². The zero-order valence-electron chi connectivity index (χ0n) is 16.2. The van der Waals surface area contributed by atoms with Crippen LogP contribution in [-0.2, 0) is 17.9 Å². The van der Waals surface area contributed by atoms with Crippen molar-refractivity contribution in [2.75, 3.05) is 20.8 Å². The van der Waals surface area contributed by atoms with Crippen molar-refractivity contribution in [2.24, 2.45) is 5.73 Å². The van der Waals surface area contributed by atoms with Gasteiger partial charge in [0.05, 0.1) is 12.8 Å². The molecule has 3 rings (SSSR count). The summed E-state index contributed by atoms with van der Waals surface area (Å²) in [5.41, 5.74) is 8.18. The van der Waals surface area contributed by atoms with Gasteiger partial charge in [0.2, 0.25) is 0 Å². The number of hydrogen-bond donors (Lipinski definition) is 1. The third-order valence-corrected chi connectivity index (χ3v) is 4.27. The first-order valence-corrected chi connectivity index (χ1v) is 8.92. The molecule has 152 valence electrons. The van der Waals surface area contributed by atoms with E-state index in [0.717, 1.165) is 16.8 Å². The summed E-state index contributed by atoms with van der Waals surface area (Å²) in [7, 11) is 3.45. The highest BCUT2D eigenvalue weighted by molar-refractivity contribution is 5.76. The monoisotopic (exact) mass is 399 g/mol. The summed E-state index contributed by atoms with van der Waals surface area (Å²) >= 11 is 0. The number of hydrogen-bond acceptors (Lipinski definition) is 6. The third-order valence-electron chi connectivity index (χ3n) is 4.27. The van der Waals surface area contributed by atoms with Gasteiger partial charge in [0.1, 0.15) is 23.6 Å². The topological polar surface area (TPSA) is 90.8 Å². The highest BCUT2D eigenvalue weighted by Gasteiger charge is 2.14. The van der Waals surface area contributed by atoms with Crippen LogP contribution in [0.15, 0.2) is 53.3 Å². The van der Waals surface area contributed by atoms with Crippen molar-refractivity contribution in [1.82, 2.24) is 10.1 Å². The molecule has 1 amide bonds. The van der Waals surface area contributed by atoms with E-state index >= 15 is 0 Å². The van der Waals surface area contributed by atoms with E-state index in [1.807, 2.05) is 18.0 Å². The predicted octanol–water partition coefficient (Wildman–Crippen LogP) is 2.99. The molecule has 0 fully saturated rings. The Morgan fingerprint density at radius 3 is 2.66 bits per heavy atom. The second kappa shape index (κ2) is 9.20. The Bertz CT molecular complexity index is 976. The van der Waals surface area contributed by atoms with E-state index < -0.39 is 5.91 Å². The van der Waals surface area contributed by atoms with Crippen LogP contribution in [0.2, 0.25) is 0 Å². The van der Waals surface area contributed by atoms with E-state index in [-0.39, 0.29) is 12.4 Å². The van der Waals surface area contributed by atoms with Crippen LogP contribution >= 0.6 is 0 Å². The van der Waals surface area contributed by atoms with Gasteiger partial charge in [-0.1, -0.05) is 11.2 Å². The lowest BCUT2D eigenvalue weighted by molar-refractivity contribution is -0.119. The third kappa shape index (κ3) is 5.32. The molecule has 0 aliphatic carbocycles. The van der Waals surface area contributed by atoms with Crippen molar-refractivity contribution in [2.45, 2.75) is 13.1 Å². The van der Waals surface area contributed by atoms with Gasteiger partial charge in [0.15, 0.2) is 6.61 Å². The molecular formula is C21H22FN3O4. The van der Waals surface area contributed by atoms with Gasteiger partial charge in [-0.3, -0.25) is 9.69 Å². The van der Waals surface area contributed by atoms with Crippen LogP contribution in [0, 0.1) is 5.82 Å². The van der Waals surface area contributed by atoms with Crippen molar-refractivity contribution >= 4 is 5.91 Å². The van der Waals surface area contributed by atoms with Gasteiger partial charge in [-0.25, -0.2) is 4.39 Å². The minimum Gasteiger partial charge on any atom is -0.496 e. The van der Waals surface area contributed by atoms with Crippen LogP contribution in [0.4, 0.5) is 4.39 Å². The Labute approximate surface area is 167 Å². The molecule has 2 aromatic carbocycles. The molecule has 0 aliphatic rings. The number of primary amides is 1. The molecule has 0 spiro atoms. The maximum atomic E-state index is 13.8. The number of ether oxygens (including phenoxy) is 2. The van der Waals surface area contributed by atoms with Crippen LogP contribution < -0.4 is 15.2 Å². The van der Waals surface area contributed by atoms with E-state index in [4.69, 9.17) is 19.7 Å². The van der Waals surface area contributed by atoms with Gasteiger partial charge >= 0.3 is 0 Å². The minimum absolute atomic E-state index is 0.233. The molecule has 0 unspecified atom stereocenters. The number of carbonyl (C=O) groups excluding carboxylic acids is 1. The van der Waals surface area contributed by atoms with Gasteiger partial charge in [-0.2, -0.15) is 0 Å². The lowest BCUT2D eigenvalue weighted by Crippen LogP contribution is -2.22. The Balaban J connectivity index is 1.93. The Morgan fingerprint density at radius 1 is 1.17 bits per heavy atom. The number of nitrogens with two attached hydrogens (primary N) is 1. The summed E-state index contributed by atoms with van der Waals surface area (Å²) in [5, 5.41) is 3.91. The van der Waals surface area contributed by atoms with Crippen molar-refractivity contribution in [3.05, 3.63) is 65.8 Å². The number of nitrogens with zero attached hydrogens (tertiary/aromatic N) is 2. The van der Waals surface area contributed by atoms with E-state index in [1.54, 1.807) is 24.3 Å². The lowest BCUT2D eigenvalue weighted by Gasteiger charge is -2.19. The molecule has 7 nitrogen and oxygen atoms in total. The van der Waals surface area contributed by atoms with Crippen LogP contribution in [0.5, 0.6) is 11.5 Å². The molecule has 8 heteroatoms. The first-order chi connectivity index (χ1) is 14.0. The number of halogens is 1. The SMILES string of the molecule is COc1ccc(F)cc1-c1ccc(OCC(N)=O)c(CN(C)Cc2ccon2)c1. The molecule has 0 atom stereocenters. The largest absolute Gasteiger partial charge is 0.496 e.